The SMILES string of the molecule is CCC#CC1(NCc2ccccc2)CCC(C(C)(C)C)CC1. The second-order valence-electron chi connectivity index (χ2n) is 7.72. The Morgan fingerprint density at radius 2 is 1.77 bits per heavy atom. The minimum Gasteiger partial charge on any atom is -0.297 e. The molecule has 1 aromatic carbocycles. The Morgan fingerprint density at radius 3 is 2.32 bits per heavy atom. The average molecular weight is 297 g/mol. The summed E-state index contributed by atoms with van der Waals surface area (Å²) in [6.45, 7) is 10.2. The number of benzene rings is 1. The predicted molar refractivity (Wildman–Crippen MR) is 95.5 cm³/mol. The Balaban J connectivity index is 2.03. The van der Waals surface area contributed by atoms with Crippen molar-refractivity contribution in [2.24, 2.45) is 11.3 Å². The van der Waals surface area contributed by atoms with Crippen molar-refractivity contribution in [1.82, 2.24) is 5.32 Å². The molecule has 0 saturated heterocycles. The molecule has 0 radical (unpaired) electrons. The zero-order chi connectivity index (χ0) is 16.1. The van der Waals surface area contributed by atoms with Crippen LogP contribution in [-0.4, -0.2) is 5.54 Å². The molecule has 1 heteroatoms. The Kier molecular flexibility index (Phi) is 5.70. The van der Waals surface area contributed by atoms with Crippen molar-refractivity contribution < 1.29 is 0 Å². The smallest absolute Gasteiger partial charge is 0.0803 e. The van der Waals surface area contributed by atoms with E-state index >= 15 is 0 Å². The van der Waals surface area contributed by atoms with Gasteiger partial charge in [-0.2, -0.15) is 0 Å². The van der Waals surface area contributed by atoms with Gasteiger partial charge in [0.15, 0.2) is 0 Å². The molecule has 0 amide bonds. The van der Waals surface area contributed by atoms with Gasteiger partial charge >= 0.3 is 0 Å². The average Bonchev–Trinajstić information content (AvgIpc) is 2.52. The van der Waals surface area contributed by atoms with Gasteiger partial charge in [-0.1, -0.05) is 63.9 Å². The van der Waals surface area contributed by atoms with Crippen LogP contribution in [0, 0.1) is 23.2 Å². The molecule has 0 unspecified atom stereocenters. The quantitative estimate of drug-likeness (QED) is 0.759. The fourth-order valence-electron chi connectivity index (χ4n) is 3.45. The second-order valence-corrected chi connectivity index (χ2v) is 7.72. The summed E-state index contributed by atoms with van der Waals surface area (Å²) >= 11 is 0. The molecular formula is C21H31N. The van der Waals surface area contributed by atoms with Crippen LogP contribution < -0.4 is 5.32 Å². The summed E-state index contributed by atoms with van der Waals surface area (Å²) < 4.78 is 0. The van der Waals surface area contributed by atoms with Crippen LogP contribution >= 0.6 is 0 Å². The van der Waals surface area contributed by atoms with Crippen molar-refractivity contribution >= 4 is 0 Å². The van der Waals surface area contributed by atoms with Crippen molar-refractivity contribution in [1.29, 1.82) is 0 Å². The van der Waals surface area contributed by atoms with E-state index in [0.717, 1.165) is 18.9 Å². The first-order valence-electron chi connectivity index (χ1n) is 8.74. The van der Waals surface area contributed by atoms with Gasteiger partial charge in [0.05, 0.1) is 5.54 Å². The molecule has 0 heterocycles. The molecule has 1 saturated carbocycles. The lowest BCUT2D eigenvalue weighted by molar-refractivity contribution is 0.138. The van der Waals surface area contributed by atoms with Crippen molar-refractivity contribution in [2.75, 3.05) is 0 Å². The zero-order valence-electron chi connectivity index (χ0n) is 14.7. The maximum Gasteiger partial charge on any atom is 0.0803 e. The molecule has 2 rings (SSSR count). The van der Waals surface area contributed by atoms with Gasteiger partial charge in [-0.3, -0.25) is 5.32 Å². The van der Waals surface area contributed by atoms with Crippen LogP contribution in [-0.2, 0) is 6.54 Å². The summed E-state index contributed by atoms with van der Waals surface area (Å²) in [4.78, 5) is 0. The Labute approximate surface area is 136 Å². The molecule has 22 heavy (non-hydrogen) atoms. The van der Waals surface area contributed by atoms with E-state index in [2.05, 4.69) is 75.2 Å². The summed E-state index contributed by atoms with van der Waals surface area (Å²) in [6, 6.07) is 10.7. The Hall–Kier alpha value is -1.26. The van der Waals surface area contributed by atoms with Gasteiger partial charge in [-0.25, -0.2) is 0 Å². The normalized spacial score (nSPS) is 25.4. The van der Waals surface area contributed by atoms with Gasteiger partial charge in [0.25, 0.3) is 0 Å². The van der Waals surface area contributed by atoms with E-state index in [-0.39, 0.29) is 5.54 Å². The minimum atomic E-state index is 0.0214. The third-order valence-corrected chi connectivity index (χ3v) is 5.04. The molecule has 1 aliphatic carbocycles. The fraction of sp³-hybridized carbons (Fsp3) is 0.619. The summed E-state index contributed by atoms with van der Waals surface area (Å²) in [5.74, 6) is 7.72. The molecule has 1 fully saturated rings. The van der Waals surface area contributed by atoms with Crippen LogP contribution in [0.15, 0.2) is 30.3 Å². The summed E-state index contributed by atoms with van der Waals surface area (Å²) in [6.07, 6.45) is 5.86. The fourth-order valence-corrected chi connectivity index (χ4v) is 3.45. The van der Waals surface area contributed by atoms with Crippen LogP contribution in [0.3, 0.4) is 0 Å². The lowest BCUT2D eigenvalue weighted by Gasteiger charge is -2.42. The molecule has 0 bridgehead atoms. The van der Waals surface area contributed by atoms with Crippen LogP contribution in [0.2, 0.25) is 0 Å². The van der Waals surface area contributed by atoms with E-state index in [9.17, 15) is 0 Å². The van der Waals surface area contributed by atoms with Crippen LogP contribution in [0.1, 0.15) is 65.4 Å². The van der Waals surface area contributed by atoms with E-state index in [0.29, 0.717) is 5.41 Å². The molecule has 120 valence electrons. The number of hydrogen-bond acceptors (Lipinski definition) is 1. The molecule has 1 aromatic rings. The van der Waals surface area contributed by atoms with Crippen molar-refractivity contribution in [3.63, 3.8) is 0 Å². The van der Waals surface area contributed by atoms with Crippen LogP contribution in [0.5, 0.6) is 0 Å². The standard InChI is InChI=1S/C21H31N/c1-5-6-14-21(22-17-18-10-8-7-9-11-18)15-12-19(13-16-21)20(2,3)4/h7-11,19,22H,5,12-13,15-17H2,1-4H3. The highest BCUT2D eigenvalue weighted by Gasteiger charge is 2.37. The van der Waals surface area contributed by atoms with Gasteiger partial charge in [-0.15, -0.1) is 5.92 Å². The third-order valence-electron chi connectivity index (χ3n) is 5.04. The van der Waals surface area contributed by atoms with Gasteiger partial charge in [0.1, 0.15) is 0 Å². The Morgan fingerprint density at radius 1 is 1.14 bits per heavy atom. The van der Waals surface area contributed by atoms with E-state index in [1.54, 1.807) is 0 Å². The highest BCUT2D eigenvalue weighted by Crippen LogP contribution is 2.41. The monoisotopic (exact) mass is 297 g/mol. The summed E-state index contributed by atoms with van der Waals surface area (Å²) in [5, 5.41) is 3.78. The first-order chi connectivity index (χ1) is 10.5. The van der Waals surface area contributed by atoms with E-state index in [1.807, 2.05) is 0 Å². The van der Waals surface area contributed by atoms with Crippen molar-refractivity contribution in [3.05, 3.63) is 35.9 Å². The molecule has 0 aromatic heterocycles. The van der Waals surface area contributed by atoms with Crippen LogP contribution in [0.4, 0.5) is 0 Å². The molecule has 0 spiro atoms. The van der Waals surface area contributed by atoms with E-state index < -0.39 is 0 Å². The highest BCUT2D eigenvalue weighted by atomic mass is 15.0. The van der Waals surface area contributed by atoms with Gasteiger partial charge in [0.2, 0.25) is 0 Å². The molecule has 0 aliphatic heterocycles. The highest BCUT2D eigenvalue weighted by molar-refractivity contribution is 5.21. The zero-order valence-corrected chi connectivity index (χ0v) is 14.7. The Bertz CT molecular complexity index is 504. The number of nitrogens with one attached hydrogen (secondary N) is 1. The maximum absolute atomic E-state index is 3.78. The first-order valence-corrected chi connectivity index (χ1v) is 8.74. The summed E-state index contributed by atoms with van der Waals surface area (Å²) in [5.41, 5.74) is 1.79. The summed E-state index contributed by atoms with van der Waals surface area (Å²) in [7, 11) is 0. The van der Waals surface area contributed by atoms with Crippen molar-refractivity contribution in [2.45, 2.75) is 71.9 Å². The van der Waals surface area contributed by atoms with E-state index in [4.69, 9.17) is 0 Å². The van der Waals surface area contributed by atoms with Gasteiger partial charge in [0, 0.05) is 13.0 Å². The third kappa shape index (κ3) is 4.62. The molecular weight excluding hydrogens is 266 g/mol. The molecule has 1 aliphatic rings. The van der Waals surface area contributed by atoms with Crippen molar-refractivity contribution in [3.8, 4) is 11.8 Å². The lowest BCUT2D eigenvalue weighted by Crippen LogP contribution is -2.47. The molecule has 1 N–H and O–H groups in total. The lowest BCUT2D eigenvalue weighted by atomic mass is 9.67. The first kappa shape index (κ1) is 17.1. The van der Waals surface area contributed by atoms with Gasteiger partial charge in [-0.05, 0) is 42.6 Å². The second kappa shape index (κ2) is 7.34. The topological polar surface area (TPSA) is 12.0 Å². The van der Waals surface area contributed by atoms with Crippen LogP contribution in [0.25, 0.3) is 0 Å². The molecule has 1 nitrogen and oxygen atoms in total. The number of hydrogen-bond donors (Lipinski definition) is 1. The van der Waals surface area contributed by atoms with E-state index in [1.165, 1.54) is 31.2 Å². The largest absolute Gasteiger partial charge is 0.297 e. The van der Waals surface area contributed by atoms with Gasteiger partial charge < -0.3 is 0 Å². The predicted octanol–water partition coefficient (Wildman–Crippen LogP) is 5.16. The maximum atomic E-state index is 3.78. The molecule has 0 atom stereocenters. The number of rotatable bonds is 3. The minimum absolute atomic E-state index is 0.0214.